The SMILES string of the molecule is C=CC(=O)OCCOCCOCCNCC. The van der Waals surface area contributed by atoms with Crippen molar-refractivity contribution in [2.45, 2.75) is 6.92 Å². The molecule has 0 aliphatic rings. The summed E-state index contributed by atoms with van der Waals surface area (Å²) >= 11 is 0. The molecule has 0 heterocycles. The lowest BCUT2D eigenvalue weighted by molar-refractivity contribution is -0.139. The monoisotopic (exact) mass is 231 g/mol. The zero-order valence-electron chi connectivity index (χ0n) is 9.87. The third kappa shape index (κ3) is 11.2. The molecule has 16 heavy (non-hydrogen) atoms. The molecule has 0 atom stereocenters. The van der Waals surface area contributed by atoms with E-state index in [0.717, 1.165) is 19.2 Å². The fourth-order valence-electron chi connectivity index (χ4n) is 0.903. The molecule has 0 fully saturated rings. The van der Waals surface area contributed by atoms with Crippen molar-refractivity contribution in [3.63, 3.8) is 0 Å². The van der Waals surface area contributed by atoms with E-state index in [1.54, 1.807) is 0 Å². The minimum atomic E-state index is -0.425. The van der Waals surface area contributed by atoms with Gasteiger partial charge in [0, 0.05) is 12.6 Å². The topological polar surface area (TPSA) is 56.8 Å². The van der Waals surface area contributed by atoms with Gasteiger partial charge in [0.25, 0.3) is 0 Å². The van der Waals surface area contributed by atoms with Crippen molar-refractivity contribution in [2.24, 2.45) is 0 Å². The maximum absolute atomic E-state index is 10.6. The van der Waals surface area contributed by atoms with Crippen LogP contribution < -0.4 is 5.32 Å². The average Bonchev–Trinajstić information content (AvgIpc) is 2.31. The Morgan fingerprint density at radius 3 is 2.44 bits per heavy atom. The molecule has 1 N–H and O–H groups in total. The Morgan fingerprint density at radius 2 is 1.81 bits per heavy atom. The average molecular weight is 231 g/mol. The number of ether oxygens (including phenoxy) is 3. The van der Waals surface area contributed by atoms with E-state index >= 15 is 0 Å². The Kier molecular flexibility index (Phi) is 11.5. The number of hydrogen-bond acceptors (Lipinski definition) is 5. The molecule has 0 saturated carbocycles. The van der Waals surface area contributed by atoms with Gasteiger partial charge in [-0.3, -0.25) is 0 Å². The number of nitrogens with one attached hydrogen (secondary N) is 1. The zero-order valence-corrected chi connectivity index (χ0v) is 9.87. The molecule has 0 spiro atoms. The van der Waals surface area contributed by atoms with Crippen LogP contribution >= 0.6 is 0 Å². The van der Waals surface area contributed by atoms with Crippen molar-refractivity contribution < 1.29 is 19.0 Å². The molecule has 0 aliphatic heterocycles. The van der Waals surface area contributed by atoms with Gasteiger partial charge in [-0.25, -0.2) is 4.79 Å². The second-order valence-corrected chi connectivity index (χ2v) is 2.95. The van der Waals surface area contributed by atoms with E-state index in [9.17, 15) is 4.79 Å². The molecule has 0 rings (SSSR count). The van der Waals surface area contributed by atoms with E-state index in [2.05, 4.69) is 11.9 Å². The predicted molar refractivity (Wildman–Crippen MR) is 61.3 cm³/mol. The van der Waals surface area contributed by atoms with E-state index in [4.69, 9.17) is 14.2 Å². The lowest BCUT2D eigenvalue weighted by Crippen LogP contribution is -2.20. The number of carbonyl (C=O) groups excluding carboxylic acids is 1. The molecule has 0 bridgehead atoms. The second-order valence-electron chi connectivity index (χ2n) is 2.95. The third-order valence-electron chi connectivity index (χ3n) is 1.68. The highest BCUT2D eigenvalue weighted by atomic mass is 16.6. The van der Waals surface area contributed by atoms with Gasteiger partial charge in [0.2, 0.25) is 0 Å². The van der Waals surface area contributed by atoms with Crippen LogP contribution in [0.1, 0.15) is 6.92 Å². The standard InChI is InChI=1S/C11H21NO4/c1-3-11(13)16-10-9-15-8-7-14-6-5-12-4-2/h3,12H,1,4-10H2,2H3. The normalized spacial score (nSPS) is 10.1. The first kappa shape index (κ1) is 15.1. The molecule has 0 aromatic heterocycles. The van der Waals surface area contributed by atoms with Crippen LogP contribution in [0.15, 0.2) is 12.7 Å². The molecule has 0 saturated heterocycles. The van der Waals surface area contributed by atoms with Crippen LogP contribution in [0.2, 0.25) is 0 Å². The molecule has 0 aromatic rings. The predicted octanol–water partition coefficient (Wildman–Crippen LogP) is 0.358. The van der Waals surface area contributed by atoms with Crippen LogP contribution in [0.5, 0.6) is 0 Å². The third-order valence-corrected chi connectivity index (χ3v) is 1.68. The molecule has 94 valence electrons. The van der Waals surface area contributed by atoms with Crippen LogP contribution in [-0.4, -0.2) is 52.1 Å². The van der Waals surface area contributed by atoms with E-state index < -0.39 is 5.97 Å². The molecule has 0 amide bonds. The van der Waals surface area contributed by atoms with E-state index in [0.29, 0.717) is 26.4 Å². The summed E-state index contributed by atoms with van der Waals surface area (Å²) in [5.41, 5.74) is 0. The quantitative estimate of drug-likeness (QED) is 0.316. The number of rotatable bonds is 11. The highest BCUT2D eigenvalue weighted by Crippen LogP contribution is 1.82. The van der Waals surface area contributed by atoms with Crippen LogP contribution in [0.25, 0.3) is 0 Å². The Hall–Kier alpha value is -0.910. The van der Waals surface area contributed by atoms with Crippen molar-refractivity contribution in [3.8, 4) is 0 Å². The van der Waals surface area contributed by atoms with Gasteiger partial charge in [0.1, 0.15) is 6.61 Å². The van der Waals surface area contributed by atoms with Gasteiger partial charge in [0.05, 0.1) is 26.4 Å². The Balaban J connectivity index is 2.98. The lowest BCUT2D eigenvalue weighted by Gasteiger charge is -2.06. The largest absolute Gasteiger partial charge is 0.460 e. The highest BCUT2D eigenvalue weighted by Gasteiger charge is 1.94. The number of hydrogen-bond donors (Lipinski definition) is 1. The maximum Gasteiger partial charge on any atom is 0.330 e. The van der Waals surface area contributed by atoms with Crippen LogP contribution in [-0.2, 0) is 19.0 Å². The number of carbonyl (C=O) groups is 1. The summed E-state index contributed by atoms with van der Waals surface area (Å²) in [4.78, 5) is 10.6. The van der Waals surface area contributed by atoms with Crippen LogP contribution in [0.3, 0.4) is 0 Å². The summed E-state index contributed by atoms with van der Waals surface area (Å²) < 4.78 is 15.2. The second kappa shape index (κ2) is 12.2. The van der Waals surface area contributed by atoms with Gasteiger partial charge in [-0.1, -0.05) is 13.5 Å². The van der Waals surface area contributed by atoms with Gasteiger partial charge < -0.3 is 19.5 Å². The first-order chi connectivity index (χ1) is 7.81. The van der Waals surface area contributed by atoms with Gasteiger partial charge in [-0.15, -0.1) is 0 Å². The molecular weight excluding hydrogens is 210 g/mol. The fourth-order valence-corrected chi connectivity index (χ4v) is 0.903. The van der Waals surface area contributed by atoms with Crippen molar-refractivity contribution in [2.75, 3.05) is 46.1 Å². The summed E-state index contributed by atoms with van der Waals surface area (Å²) in [5.74, 6) is -0.425. The summed E-state index contributed by atoms with van der Waals surface area (Å²) in [7, 11) is 0. The molecule has 5 heteroatoms. The first-order valence-corrected chi connectivity index (χ1v) is 5.46. The minimum Gasteiger partial charge on any atom is -0.460 e. The van der Waals surface area contributed by atoms with Gasteiger partial charge in [0.15, 0.2) is 0 Å². The van der Waals surface area contributed by atoms with Crippen LogP contribution in [0, 0.1) is 0 Å². The van der Waals surface area contributed by atoms with Crippen molar-refractivity contribution in [1.82, 2.24) is 5.32 Å². The van der Waals surface area contributed by atoms with Crippen molar-refractivity contribution in [1.29, 1.82) is 0 Å². The number of likely N-dealkylation sites (N-methyl/N-ethyl adjacent to an activating group) is 1. The lowest BCUT2D eigenvalue weighted by atomic mass is 10.6. The van der Waals surface area contributed by atoms with Crippen LogP contribution in [0.4, 0.5) is 0 Å². The molecule has 0 unspecified atom stereocenters. The fraction of sp³-hybridized carbons (Fsp3) is 0.727. The molecule has 0 aliphatic carbocycles. The van der Waals surface area contributed by atoms with Crippen molar-refractivity contribution in [3.05, 3.63) is 12.7 Å². The van der Waals surface area contributed by atoms with E-state index in [1.807, 2.05) is 6.92 Å². The first-order valence-electron chi connectivity index (χ1n) is 5.46. The molecule has 0 radical (unpaired) electrons. The summed E-state index contributed by atoms with van der Waals surface area (Å²) in [5, 5.41) is 3.15. The Labute approximate surface area is 96.8 Å². The molecule has 0 aromatic carbocycles. The van der Waals surface area contributed by atoms with E-state index in [1.165, 1.54) is 0 Å². The Bertz CT molecular complexity index is 185. The summed E-state index contributed by atoms with van der Waals surface area (Å²) in [6.07, 6.45) is 1.13. The molecule has 5 nitrogen and oxygen atoms in total. The summed E-state index contributed by atoms with van der Waals surface area (Å²) in [6.45, 7) is 9.53. The minimum absolute atomic E-state index is 0.252. The zero-order chi connectivity index (χ0) is 12.1. The van der Waals surface area contributed by atoms with Crippen molar-refractivity contribution >= 4 is 5.97 Å². The number of esters is 1. The molecular formula is C11H21NO4. The van der Waals surface area contributed by atoms with E-state index in [-0.39, 0.29) is 6.61 Å². The van der Waals surface area contributed by atoms with Gasteiger partial charge in [-0.05, 0) is 6.54 Å². The van der Waals surface area contributed by atoms with Gasteiger partial charge in [-0.2, -0.15) is 0 Å². The van der Waals surface area contributed by atoms with Gasteiger partial charge >= 0.3 is 5.97 Å². The summed E-state index contributed by atoms with van der Waals surface area (Å²) in [6, 6.07) is 0. The Morgan fingerprint density at radius 1 is 1.19 bits per heavy atom. The maximum atomic E-state index is 10.6. The smallest absolute Gasteiger partial charge is 0.330 e. The highest BCUT2D eigenvalue weighted by molar-refractivity contribution is 5.81.